The molecule has 0 saturated carbocycles. The number of non-ortho nitro benzene ring substituents is 1. The lowest BCUT2D eigenvalue weighted by atomic mass is 10.2. The molecule has 102 valence electrons. The zero-order chi connectivity index (χ0) is 14.7. The highest BCUT2D eigenvalue weighted by atomic mass is 32.2. The van der Waals surface area contributed by atoms with Gasteiger partial charge in [-0.3, -0.25) is 15.5 Å². The second-order valence-corrected chi connectivity index (χ2v) is 5.03. The Morgan fingerprint density at radius 2 is 1.90 bits per heavy atom. The molecule has 0 aliphatic rings. The normalized spacial score (nSPS) is 10.2. The minimum Gasteiger partial charge on any atom is -0.384 e. The highest BCUT2D eigenvalue weighted by molar-refractivity contribution is 7.99. The van der Waals surface area contributed by atoms with Gasteiger partial charge >= 0.3 is 0 Å². The lowest BCUT2D eigenvalue weighted by Crippen LogP contribution is -2.11. The summed E-state index contributed by atoms with van der Waals surface area (Å²) in [5, 5.41) is 17.8. The lowest BCUT2D eigenvalue weighted by Gasteiger charge is -2.05. The van der Waals surface area contributed by atoms with E-state index >= 15 is 0 Å². The summed E-state index contributed by atoms with van der Waals surface area (Å²) in [7, 11) is 0. The first-order valence-electron chi connectivity index (χ1n) is 5.53. The molecule has 2 aromatic rings. The summed E-state index contributed by atoms with van der Waals surface area (Å²) in [6.45, 7) is 0. The number of hydrogen-bond acceptors (Lipinski definition) is 4. The monoisotopic (exact) mass is 291 g/mol. The van der Waals surface area contributed by atoms with Crippen molar-refractivity contribution in [3.63, 3.8) is 0 Å². The molecular formula is C13H10FN3O2S. The summed E-state index contributed by atoms with van der Waals surface area (Å²) in [5.74, 6) is -0.683. The Kier molecular flexibility index (Phi) is 3.99. The maximum atomic E-state index is 13.8. The van der Waals surface area contributed by atoms with E-state index in [1.54, 1.807) is 18.2 Å². The van der Waals surface area contributed by atoms with Gasteiger partial charge in [0.25, 0.3) is 5.69 Å². The van der Waals surface area contributed by atoms with Gasteiger partial charge in [-0.1, -0.05) is 11.8 Å². The third kappa shape index (κ3) is 3.12. The molecule has 0 atom stereocenters. The van der Waals surface area contributed by atoms with Crippen LogP contribution in [0.5, 0.6) is 0 Å². The van der Waals surface area contributed by atoms with E-state index in [2.05, 4.69) is 0 Å². The number of halogens is 1. The van der Waals surface area contributed by atoms with Gasteiger partial charge in [0.05, 0.1) is 4.92 Å². The van der Waals surface area contributed by atoms with Gasteiger partial charge in [-0.25, -0.2) is 4.39 Å². The summed E-state index contributed by atoms with van der Waals surface area (Å²) < 4.78 is 13.8. The Hall–Kier alpha value is -2.41. The Labute approximate surface area is 118 Å². The van der Waals surface area contributed by atoms with E-state index in [9.17, 15) is 14.5 Å². The second-order valence-electron chi connectivity index (χ2n) is 3.91. The quantitative estimate of drug-likeness (QED) is 0.391. The standard InChI is InChI=1S/C13H10FN3O2S/c14-11-7-8(13(15)16)1-6-12(11)20-10-4-2-9(3-5-10)17(18)19/h1-7H,(H3,15,16). The van der Waals surface area contributed by atoms with Crippen molar-refractivity contribution in [1.82, 2.24) is 0 Å². The van der Waals surface area contributed by atoms with Crippen molar-refractivity contribution in [1.29, 1.82) is 5.41 Å². The number of nitrogen functional groups attached to an aromatic ring is 1. The van der Waals surface area contributed by atoms with Gasteiger partial charge in [0.15, 0.2) is 0 Å². The molecule has 0 aromatic heterocycles. The predicted octanol–water partition coefficient (Wildman–Crippen LogP) is 3.17. The van der Waals surface area contributed by atoms with Crippen LogP contribution in [0.1, 0.15) is 5.56 Å². The van der Waals surface area contributed by atoms with E-state index in [1.165, 1.54) is 24.3 Å². The van der Waals surface area contributed by atoms with Gasteiger partial charge in [0.1, 0.15) is 11.7 Å². The summed E-state index contributed by atoms with van der Waals surface area (Å²) >= 11 is 1.15. The third-order valence-electron chi connectivity index (χ3n) is 2.52. The van der Waals surface area contributed by atoms with Crippen LogP contribution in [0.15, 0.2) is 52.3 Å². The molecule has 2 aromatic carbocycles. The predicted molar refractivity (Wildman–Crippen MR) is 74.6 cm³/mol. The third-order valence-corrected chi connectivity index (χ3v) is 3.58. The zero-order valence-corrected chi connectivity index (χ0v) is 11.0. The van der Waals surface area contributed by atoms with E-state index in [-0.39, 0.29) is 11.5 Å². The van der Waals surface area contributed by atoms with Gasteiger partial charge < -0.3 is 5.73 Å². The molecule has 0 spiro atoms. The van der Waals surface area contributed by atoms with Crippen LogP contribution in [0.25, 0.3) is 0 Å². The molecule has 0 aliphatic carbocycles. The molecule has 0 heterocycles. The molecular weight excluding hydrogens is 281 g/mol. The zero-order valence-electron chi connectivity index (χ0n) is 10.2. The molecule has 0 amide bonds. The summed E-state index contributed by atoms with van der Waals surface area (Å²) in [6.07, 6.45) is 0. The Balaban J connectivity index is 2.21. The van der Waals surface area contributed by atoms with Crippen LogP contribution in [0, 0.1) is 21.3 Å². The lowest BCUT2D eigenvalue weighted by molar-refractivity contribution is -0.384. The number of nitro benzene ring substituents is 1. The molecule has 2 rings (SSSR count). The van der Waals surface area contributed by atoms with Crippen molar-refractivity contribution in [2.24, 2.45) is 5.73 Å². The number of hydrogen-bond donors (Lipinski definition) is 2. The van der Waals surface area contributed by atoms with Crippen molar-refractivity contribution in [3.05, 3.63) is 64.0 Å². The minimum absolute atomic E-state index is 0.0123. The molecule has 0 saturated heterocycles. The highest BCUT2D eigenvalue weighted by Gasteiger charge is 2.09. The molecule has 0 bridgehead atoms. The van der Waals surface area contributed by atoms with E-state index < -0.39 is 10.7 Å². The Morgan fingerprint density at radius 1 is 1.25 bits per heavy atom. The van der Waals surface area contributed by atoms with Crippen LogP contribution < -0.4 is 5.73 Å². The van der Waals surface area contributed by atoms with Crippen LogP contribution in [-0.2, 0) is 0 Å². The van der Waals surface area contributed by atoms with E-state index in [0.29, 0.717) is 15.4 Å². The molecule has 5 nitrogen and oxygen atoms in total. The Bertz CT molecular complexity index is 674. The maximum absolute atomic E-state index is 13.8. The highest BCUT2D eigenvalue weighted by Crippen LogP contribution is 2.31. The maximum Gasteiger partial charge on any atom is 0.269 e. The number of amidine groups is 1. The van der Waals surface area contributed by atoms with E-state index in [4.69, 9.17) is 11.1 Å². The first-order chi connectivity index (χ1) is 9.47. The van der Waals surface area contributed by atoms with Crippen LogP contribution in [0.4, 0.5) is 10.1 Å². The average Bonchev–Trinajstić information content (AvgIpc) is 2.41. The van der Waals surface area contributed by atoms with Crippen molar-refractivity contribution >= 4 is 23.3 Å². The summed E-state index contributed by atoms with van der Waals surface area (Å²) in [4.78, 5) is 11.1. The van der Waals surface area contributed by atoms with Crippen molar-refractivity contribution in [2.75, 3.05) is 0 Å². The van der Waals surface area contributed by atoms with Crippen LogP contribution in [-0.4, -0.2) is 10.8 Å². The summed E-state index contributed by atoms with van der Waals surface area (Å²) in [5.41, 5.74) is 5.58. The molecule has 0 fully saturated rings. The fraction of sp³-hybridized carbons (Fsp3) is 0. The van der Waals surface area contributed by atoms with Crippen molar-refractivity contribution in [3.8, 4) is 0 Å². The van der Waals surface area contributed by atoms with Gasteiger partial charge in [-0.05, 0) is 30.3 Å². The van der Waals surface area contributed by atoms with Gasteiger partial charge in [-0.15, -0.1) is 0 Å². The SMILES string of the molecule is N=C(N)c1ccc(Sc2ccc([N+](=O)[O-])cc2)c(F)c1. The number of benzene rings is 2. The number of nitrogens with one attached hydrogen (secondary N) is 1. The van der Waals surface area contributed by atoms with Crippen LogP contribution in [0.2, 0.25) is 0 Å². The largest absolute Gasteiger partial charge is 0.384 e. The van der Waals surface area contributed by atoms with Crippen LogP contribution in [0.3, 0.4) is 0 Å². The second kappa shape index (κ2) is 5.70. The van der Waals surface area contributed by atoms with Gasteiger partial charge in [-0.2, -0.15) is 0 Å². The van der Waals surface area contributed by atoms with Gasteiger partial charge in [0.2, 0.25) is 0 Å². The van der Waals surface area contributed by atoms with Crippen molar-refractivity contribution in [2.45, 2.75) is 9.79 Å². The minimum atomic E-state index is -0.489. The average molecular weight is 291 g/mol. The van der Waals surface area contributed by atoms with E-state index in [0.717, 1.165) is 11.8 Å². The topological polar surface area (TPSA) is 93.0 Å². The molecule has 0 radical (unpaired) electrons. The molecule has 7 heteroatoms. The number of nitrogens with zero attached hydrogens (tertiary/aromatic N) is 1. The van der Waals surface area contributed by atoms with E-state index in [1.807, 2.05) is 0 Å². The molecule has 0 unspecified atom stereocenters. The molecule has 20 heavy (non-hydrogen) atoms. The number of nitro groups is 1. The molecule has 0 aliphatic heterocycles. The fourth-order valence-electron chi connectivity index (χ4n) is 1.51. The molecule has 3 N–H and O–H groups in total. The number of rotatable bonds is 4. The Morgan fingerprint density at radius 3 is 2.40 bits per heavy atom. The fourth-order valence-corrected chi connectivity index (χ4v) is 2.33. The smallest absolute Gasteiger partial charge is 0.269 e. The van der Waals surface area contributed by atoms with Gasteiger partial charge in [0, 0.05) is 27.5 Å². The summed E-state index contributed by atoms with van der Waals surface area (Å²) in [6, 6.07) is 10.1. The van der Waals surface area contributed by atoms with Crippen LogP contribution >= 0.6 is 11.8 Å². The first kappa shape index (κ1) is 14.0. The number of nitrogens with two attached hydrogens (primary N) is 1. The van der Waals surface area contributed by atoms with Crippen molar-refractivity contribution < 1.29 is 9.31 Å². The first-order valence-corrected chi connectivity index (χ1v) is 6.35.